The van der Waals surface area contributed by atoms with Crippen molar-refractivity contribution < 1.29 is 9.59 Å². The van der Waals surface area contributed by atoms with Crippen LogP contribution in [0.3, 0.4) is 0 Å². The van der Waals surface area contributed by atoms with Crippen molar-refractivity contribution >= 4 is 11.8 Å². The first-order chi connectivity index (χ1) is 12.1. The molecule has 1 saturated heterocycles. The highest BCUT2D eigenvalue weighted by Gasteiger charge is 2.29. The van der Waals surface area contributed by atoms with Crippen LogP contribution in [-0.4, -0.2) is 54.3 Å². The first-order valence-corrected chi connectivity index (χ1v) is 8.54. The Morgan fingerprint density at radius 2 is 2.12 bits per heavy atom. The van der Waals surface area contributed by atoms with Gasteiger partial charge in [-0.15, -0.1) is 6.58 Å². The third-order valence-electron chi connectivity index (χ3n) is 4.17. The van der Waals surface area contributed by atoms with Gasteiger partial charge in [0.05, 0.1) is 19.0 Å². The molecule has 0 bridgehead atoms. The van der Waals surface area contributed by atoms with Crippen molar-refractivity contribution in [3.05, 3.63) is 48.6 Å². The van der Waals surface area contributed by atoms with Crippen LogP contribution in [0.5, 0.6) is 0 Å². The van der Waals surface area contributed by atoms with E-state index in [-0.39, 0.29) is 24.3 Å². The smallest absolute Gasteiger partial charge is 0.231 e. The van der Waals surface area contributed by atoms with Crippen LogP contribution in [0, 0.1) is 17.8 Å². The number of carbonyl (C=O) groups is 2. The van der Waals surface area contributed by atoms with Crippen molar-refractivity contribution in [2.75, 3.05) is 32.7 Å². The van der Waals surface area contributed by atoms with Crippen LogP contribution in [0.1, 0.15) is 18.4 Å². The number of amides is 2. The zero-order chi connectivity index (χ0) is 18.1. The average molecular weight is 339 g/mol. The van der Waals surface area contributed by atoms with Crippen molar-refractivity contribution in [2.45, 2.75) is 12.8 Å². The predicted octanol–water partition coefficient (Wildman–Crippen LogP) is 1.25. The lowest BCUT2D eigenvalue weighted by Crippen LogP contribution is -2.47. The van der Waals surface area contributed by atoms with Crippen LogP contribution in [0.2, 0.25) is 0 Å². The number of hydrogen-bond donors (Lipinski definition) is 1. The molecule has 0 spiro atoms. The first-order valence-electron chi connectivity index (χ1n) is 8.54. The maximum Gasteiger partial charge on any atom is 0.231 e. The molecule has 1 aromatic rings. The van der Waals surface area contributed by atoms with Gasteiger partial charge in [-0.3, -0.25) is 14.5 Å². The van der Waals surface area contributed by atoms with E-state index < -0.39 is 0 Å². The molecule has 5 heteroatoms. The number of likely N-dealkylation sites (tertiary alicyclic amines) is 1. The lowest BCUT2D eigenvalue weighted by molar-refractivity contribution is -0.136. The molecule has 1 heterocycles. The van der Waals surface area contributed by atoms with Gasteiger partial charge in [0.1, 0.15) is 0 Å². The summed E-state index contributed by atoms with van der Waals surface area (Å²) >= 11 is 0. The van der Waals surface area contributed by atoms with Gasteiger partial charge in [-0.05, 0) is 31.5 Å². The third-order valence-corrected chi connectivity index (χ3v) is 4.17. The quantitative estimate of drug-likeness (QED) is 0.627. The van der Waals surface area contributed by atoms with Crippen LogP contribution in [0.15, 0.2) is 43.0 Å². The third kappa shape index (κ3) is 6.09. The molecule has 0 saturated carbocycles. The largest absolute Gasteiger partial charge is 0.369 e. The highest BCUT2D eigenvalue weighted by molar-refractivity contribution is 5.80. The number of rotatable bonds is 6. The minimum atomic E-state index is -0.357. The second kappa shape index (κ2) is 9.65. The van der Waals surface area contributed by atoms with E-state index in [0.717, 1.165) is 24.9 Å². The summed E-state index contributed by atoms with van der Waals surface area (Å²) in [4.78, 5) is 27.6. The normalized spacial score (nSPS) is 17.2. The summed E-state index contributed by atoms with van der Waals surface area (Å²) in [6, 6.07) is 9.70. The van der Waals surface area contributed by atoms with Crippen molar-refractivity contribution in [3.8, 4) is 11.8 Å². The van der Waals surface area contributed by atoms with E-state index in [1.807, 2.05) is 35.2 Å². The molecule has 2 rings (SSSR count). The number of nitrogens with two attached hydrogens (primary N) is 1. The zero-order valence-corrected chi connectivity index (χ0v) is 14.5. The molecular formula is C20H25N3O2. The second-order valence-corrected chi connectivity index (χ2v) is 6.22. The van der Waals surface area contributed by atoms with Gasteiger partial charge in [-0.25, -0.2) is 0 Å². The van der Waals surface area contributed by atoms with Crippen molar-refractivity contribution in [3.63, 3.8) is 0 Å². The molecule has 1 fully saturated rings. The van der Waals surface area contributed by atoms with Crippen molar-refractivity contribution in [1.29, 1.82) is 0 Å². The molecule has 132 valence electrons. The average Bonchev–Trinajstić information content (AvgIpc) is 2.61. The Bertz CT molecular complexity index is 661. The van der Waals surface area contributed by atoms with Crippen LogP contribution < -0.4 is 5.73 Å². The summed E-state index contributed by atoms with van der Waals surface area (Å²) in [7, 11) is 0. The highest BCUT2D eigenvalue weighted by atomic mass is 16.2. The van der Waals surface area contributed by atoms with Crippen LogP contribution in [0.4, 0.5) is 0 Å². The Balaban J connectivity index is 1.98. The predicted molar refractivity (Wildman–Crippen MR) is 98.5 cm³/mol. The summed E-state index contributed by atoms with van der Waals surface area (Å²) in [6.45, 7) is 6.15. The Morgan fingerprint density at radius 3 is 2.80 bits per heavy atom. The molecule has 1 aromatic carbocycles. The van der Waals surface area contributed by atoms with Gasteiger partial charge in [0.15, 0.2) is 0 Å². The van der Waals surface area contributed by atoms with Crippen LogP contribution in [0.25, 0.3) is 0 Å². The lowest BCUT2D eigenvalue weighted by Gasteiger charge is -2.33. The Morgan fingerprint density at radius 1 is 1.36 bits per heavy atom. The van der Waals surface area contributed by atoms with E-state index in [0.29, 0.717) is 19.6 Å². The summed E-state index contributed by atoms with van der Waals surface area (Å²) in [5.41, 5.74) is 6.20. The van der Waals surface area contributed by atoms with Gasteiger partial charge in [0, 0.05) is 18.7 Å². The molecule has 1 aliphatic heterocycles. The SMILES string of the molecule is C=CCN(CC#Cc1ccccc1)C(=O)[C@@H]1CCCN(CC(N)=O)C1. The monoisotopic (exact) mass is 339 g/mol. The number of primary amides is 1. The Kier molecular flexibility index (Phi) is 7.24. The van der Waals surface area contributed by atoms with E-state index in [1.54, 1.807) is 11.0 Å². The minimum Gasteiger partial charge on any atom is -0.369 e. The first kappa shape index (κ1) is 18.8. The summed E-state index contributed by atoms with van der Waals surface area (Å²) in [5, 5.41) is 0. The summed E-state index contributed by atoms with van der Waals surface area (Å²) in [6.07, 6.45) is 3.43. The van der Waals surface area contributed by atoms with Crippen molar-refractivity contribution in [1.82, 2.24) is 9.80 Å². The molecule has 0 aromatic heterocycles. The fourth-order valence-corrected chi connectivity index (χ4v) is 3.03. The van der Waals surface area contributed by atoms with Crippen LogP contribution in [-0.2, 0) is 9.59 Å². The van der Waals surface area contributed by atoms with Gasteiger partial charge >= 0.3 is 0 Å². The molecule has 0 unspecified atom stereocenters. The lowest BCUT2D eigenvalue weighted by atomic mass is 9.96. The molecule has 1 aliphatic rings. The van der Waals surface area contributed by atoms with Gasteiger partial charge in [0.2, 0.25) is 11.8 Å². The molecule has 0 radical (unpaired) electrons. The molecule has 25 heavy (non-hydrogen) atoms. The fraction of sp³-hybridized carbons (Fsp3) is 0.400. The van der Waals surface area contributed by atoms with E-state index >= 15 is 0 Å². The molecule has 2 N–H and O–H groups in total. The molecule has 0 aliphatic carbocycles. The number of benzene rings is 1. The van der Waals surface area contributed by atoms with Gasteiger partial charge in [-0.1, -0.05) is 36.1 Å². The standard InChI is InChI=1S/C20H25N3O2/c1-2-12-23(14-6-10-17-8-4-3-5-9-17)20(25)18-11-7-13-22(15-18)16-19(21)24/h2-5,8-9,18H,1,7,11-16H2,(H2,21,24)/t18-/m1/s1. The molecule has 1 atom stereocenters. The van der Waals surface area contributed by atoms with E-state index in [4.69, 9.17) is 5.73 Å². The minimum absolute atomic E-state index is 0.0661. The maximum atomic E-state index is 12.8. The molecule has 2 amide bonds. The number of piperidine rings is 1. The van der Waals surface area contributed by atoms with Crippen molar-refractivity contribution in [2.24, 2.45) is 11.7 Å². The summed E-state index contributed by atoms with van der Waals surface area (Å²) < 4.78 is 0. The van der Waals surface area contributed by atoms with E-state index in [1.165, 1.54) is 0 Å². The highest BCUT2D eigenvalue weighted by Crippen LogP contribution is 2.18. The van der Waals surface area contributed by atoms with Gasteiger partial charge < -0.3 is 10.6 Å². The molecular weight excluding hydrogens is 314 g/mol. The van der Waals surface area contributed by atoms with Gasteiger partial charge in [0.25, 0.3) is 0 Å². The summed E-state index contributed by atoms with van der Waals surface area (Å²) in [5.74, 6) is 5.74. The fourth-order valence-electron chi connectivity index (χ4n) is 3.03. The second-order valence-electron chi connectivity index (χ2n) is 6.22. The number of nitrogens with zero attached hydrogens (tertiary/aromatic N) is 2. The van der Waals surface area contributed by atoms with E-state index in [9.17, 15) is 9.59 Å². The molecule has 5 nitrogen and oxygen atoms in total. The maximum absolute atomic E-state index is 12.8. The topological polar surface area (TPSA) is 66.6 Å². The van der Waals surface area contributed by atoms with E-state index in [2.05, 4.69) is 18.4 Å². The number of carbonyl (C=O) groups excluding carboxylic acids is 2. The number of hydrogen-bond acceptors (Lipinski definition) is 3. The van der Waals surface area contributed by atoms with Gasteiger partial charge in [-0.2, -0.15) is 0 Å². The van der Waals surface area contributed by atoms with Crippen LogP contribution >= 0.6 is 0 Å². The zero-order valence-electron chi connectivity index (χ0n) is 14.5. The Hall–Kier alpha value is -2.58. The Labute approximate surface area is 149 Å².